The van der Waals surface area contributed by atoms with Crippen LogP contribution in [0.2, 0.25) is 10.0 Å². The molecule has 2 aromatic rings. The molecule has 18 heavy (non-hydrogen) atoms. The van der Waals surface area contributed by atoms with E-state index in [0.717, 1.165) is 21.2 Å². The Bertz CT molecular complexity index is 513. The number of halogens is 2. The molecule has 0 saturated heterocycles. The van der Waals surface area contributed by atoms with Crippen LogP contribution in [0.1, 0.15) is 11.1 Å². The summed E-state index contributed by atoms with van der Waals surface area (Å²) in [5, 5.41) is 1.52. The highest BCUT2D eigenvalue weighted by molar-refractivity contribution is 6.32. The second-order valence-electron chi connectivity index (χ2n) is 3.48. The third-order valence-corrected chi connectivity index (χ3v) is 2.83. The number of benzene rings is 2. The standard InChI is InChI=1S/2C8H7Cl/c1-2-7-3-5-8(9)6-4-7;1-2-7-5-3-4-6-8(7)9/h2*2-6H,1H2. The van der Waals surface area contributed by atoms with Gasteiger partial charge >= 0.3 is 0 Å². The predicted octanol–water partition coefficient (Wildman–Crippen LogP) is 5.97. The fraction of sp³-hybridized carbons (Fsp3) is 0. The topological polar surface area (TPSA) is 0 Å². The lowest BCUT2D eigenvalue weighted by Crippen LogP contribution is -1.69. The molecule has 0 nitrogen and oxygen atoms in total. The molecule has 0 radical (unpaired) electrons. The van der Waals surface area contributed by atoms with Gasteiger partial charge in [-0.3, -0.25) is 0 Å². The van der Waals surface area contributed by atoms with Crippen molar-refractivity contribution in [2.75, 3.05) is 0 Å². The van der Waals surface area contributed by atoms with Crippen LogP contribution in [-0.2, 0) is 0 Å². The van der Waals surface area contributed by atoms with Crippen molar-refractivity contribution < 1.29 is 0 Å². The molecule has 0 heterocycles. The zero-order chi connectivity index (χ0) is 13.4. The summed E-state index contributed by atoms with van der Waals surface area (Å²) in [7, 11) is 0. The Labute approximate surface area is 118 Å². The monoisotopic (exact) mass is 276 g/mol. The average molecular weight is 277 g/mol. The molecule has 0 aliphatic carbocycles. The van der Waals surface area contributed by atoms with Gasteiger partial charge in [0.1, 0.15) is 0 Å². The summed E-state index contributed by atoms with van der Waals surface area (Å²) in [6.07, 6.45) is 3.53. The molecule has 0 bridgehead atoms. The van der Waals surface area contributed by atoms with E-state index in [2.05, 4.69) is 13.2 Å². The Morgan fingerprint density at radius 3 is 1.83 bits per heavy atom. The molecule has 92 valence electrons. The van der Waals surface area contributed by atoms with E-state index < -0.39 is 0 Å². The van der Waals surface area contributed by atoms with Crippen molar-refractivity contribution >= 4 is 35.4 Å². The maximum atomic E-state index is 5.75. The van der Waals surface area contributed by atoms with Gasteiger partial charge in [0.15, 0.2) is 0 Å². The van der Waals surface area contributed by atoms with E-state index in [1.165, 1.54) is 0 Å². The van der Waals surface area contributed by atoms with E-state index in [1.807, 2.05) is 48.5 Å². The van der Waals surface area contributed by atoms with Crippen LogP contribution in [0.4, 0.5) is 0 Å². The summed E-state index contributed by atoms with van der Waals surface area (Å²) >= 11 is 11.4. The lowest BCUT2D eigenvalue weighted by molar-refractivity contribution is 1.66. The molecular weight excluding hydrogens is 263 g/mol. The van der Waals surface area contributed by atoms with Crippen LogP contribution in [0.3, 0.4) is 0 Å². The second-order valence-corrected chi connectivity index (χ2v) is 4.32. The molecule has 0 saturated carbocycles. The lowest BCUT2D eigenvalue weighted by atomic mass is 10.2. The summed E-state index contributed by atoms with van der Waals surface area (Å²) < 4.78 is 0. The Hall–Kier alpha value is -1.50. The molecule has 0 spiro atoms. The first-order valence-corrected chi connectivity index (χ1v) is 6.18. The first-order valence-electron chi connectivity index (χ1n) is 5.42. The fourth-order valence-corrected chi connectivity index (χ4v) is 1.58. The van der Waals surface area contributed by atoms with Gasteiger partial charge in [0.2, 0.25) is 0 Å². The first kappa shape index (κ1) is 14.6. The maximum Gasteiger partial charge on any atom is 0.0478 e. The van der Waals surface area contributed by atoms with Gasteiger partial charge in [-0.05, 0) is 29.3 Å². The minimum atomic E-state index is 0.757. The van der Waals surface area contributed by atoms with E-state index in [1.54, 1.807) is 12.2 Å². The van der Waals surface area contributed by atoms with Crippen molar-refractivity contribution in [3.8, 4) is 0 Å². The largest absolute Gasteiger partial charge is 0.0985 e. The summed E-state index contributed by atoms with van der Waals surface area (Å²) in [5.74, 6) is 0. The van der Waals surface area contributed by atoms with Crippen LogP contribution in [0.5, 0.6) is 0 Å². The predicted molar refractivity (Wildman–Crippen MR) is 83.1 cm³/mol. The van der Waals surface area contributed by atoms with Crippen molar-refractivity contribution in [2.45, 2.75) is 0 Å². The maximum absolute atomic E-state index is 5.75. The highest BCUT2D eigenvalue weighted by Crippen LogP contribution is 2.14. The third kappa shape index (κ3) is 4.79. The van der Waals surface area contributed by atoms with Crippen LogP contribution in [0.15, 0.2) is 61.7 Å². The van der Waals surface area contributed by atoms with Crippen molar-refractivity contribution in [1.29, 1.82) is 0 Å². The molecule has 0 atom stereocenters. The van der Waals surface area contributed by atoms with E-state index in [4.69, 9.17) is 23.2 Å². The molecule has 0 aromatic heterocycles. The molecule has 2 heteroatoms. The van der Waals surface area contributed by atoms with E-state index in [-0.39, 0.29) is 0 Å². The molecule has 0 fully saturated rings. The Balaban J connectivity index is 0.000000180. The lowest BCUT2D eigenvalue weighted by Gasteiger charge is -1.92. The molecule has 0 N–H and O–H groups in total. The minimum absolute atomic E-state index is 0.757. The van der Waals surface area contributed by atoms with Crippen LogP contribution >= 0.6 is 23.2 Å². The van der Waals surface area contributed by atoms with Gasteiger partial charge in [-0.2, -0.15) is 0 Å². The first-order chi connectivity index (χ1) is 8.67. The van der Waals surface area contributed by atoms with E-state index >= 15 is 0 Å². The van der Waals surface area contributed by atoms with Crippen LogP contribution in [-0.4, -0.2) is 0 Å². The van der Waals surface area contributed by atoms with Crippen molar-refractivity contribution in [3.63, 3.8) is 0 Å². The zero-order valence-electron chi connectivity index (χ0n) is 9.94. The van der Waals surface area contributed by atoms with Crippen molar-refractivity contribution in [1.82, 2.24) is 0 Å². The van der Waals surface area contributed by atoms with Crippen LogP contribution in [0.25, 0.3) is 12.2 Å². The molecule has 0 unspecified atom stereocenters. The van der Waals surface area contributed by atoms with Gasteiger partial charge in [0.05, 0.1) is 0 Å². The molecule has 2 rings (SSSR count). The van der Waals surface area contributed by atoms with Gasteiger partial charge in [0, 0.05) is 10.0 Å². The van der Waals surface area contributed by atoms with E-state index in [0.29, 0.717) is 0 Å². The average Bonchev–Trinajstić information content (AvgIpc) is 2.41. The smallest absolute Gasteiger partial charge is 0.0478 e. The summed E-state index contributed by atoms with van der Waals surface area (Å²) in [5.41, 5.74) is 2.08. The van der Waals surface area contributed by atoms with Gasteiger partial charge in [-0.1, -0.05) is 78.8 Å². The van der Waals surface area contributed by atoms with Gasteiger partial charge < -0.3 is 0 Å². The van der Waals surface area contributed by atoms with Crippen molar-refractivity contribution in [2.24, 2.45) is 0 Å². The third-order valence-electron chi connectivity index (χ3n) is 2.23. The summed E-state index contributed by atoms with van der Waals surface area (Å²) in [6.45, 7) is 7.22. The molecular formula is C16H14Cl2. The quantitative estimate of drug-likeness (QED) is 0.634. The molecule has 0 amide bonds. The number of hydrogen-bond acceptors (Lipinski definition) is 0. The molecule has 0 aliphatic rings. The van der Waals surface area contributed by atoms with Crippen LogP contribution in [0, 0.1) is 0 Å². The van der Waals surface area contributed by atoms with Gasteiger partial charge in [-0.25, -0.2) is 0 Å². The summed E-state index contributed by atoms with van der Waals surface area (Å²) in [6, 6.07) is 15.1. The second kappa shape index (κ2) is 7.75. The zero-order valence-corrected chi connectivity index (χ0v) is 11.5. The normalized spacial score (nSPS) is 9.00. The van der Waals surface area contributed by atoms with Crippen molar-refractivity contribution in [3.05, 3.63) is 82.9 Å². The van der Waals surface area contributed by atoms with Gasteiger partial charge in [-0.15, -0.1) is 0 Å². The van der Waals surface area contributed by atoms with Gasteiger partial charge in [0.25, 0.3) is 0 Å². The fourth-order valence-electron chi connectivity index (χ4n) is 1.24. The highest BCUT2D eigenvalue weighted by Gasteiger charge is 1.89. The molecule has 0 aliphatic heterocycles. The van der Waals surface area contributed by atoms with E-state index in [9.17, 15) is 0 Å². The number of rotatable bonds is 2. The molecule has 2 aromatic carbocycles. The Morgan fingerprint density at radius 1 is 0.778 bits per heavy atom. The minimum Gasteiger partial charge on any atom is -0.0985 e. The SMILES string of the molecule is C=Cc1ccc(Cl)cc1.C=Cc1ccccc1Cl. The Kier molecular flexibility index (Phi) is 6.27. The summed E-state index contributed by atoms with van der Waals surface area (Å²) in [4.78, 5) is 0. The Morgan fingerprint density at radius 2 is 1.39 bits per heavy atom. The van der Waals surface area contributed by atoms with Crippen LogP contribution < -0.4 is 0 Å². The number of hydrogen-bond donors (Lipinski definition) is 0. The highest BCUT2D eigenvalue weighted by atomic mass is 35.5.